The van der Waals surface area contributed by atoms with Gasteiger partial charge in [0, 0.05) is 6.20 Å². The van der Waals surface area contributed by atoms with Crippen LogP contribution < -0.4 is 0 Å². The van der Waals surface area contributed by atoms with E-state index in [-0.39, 0.29) is 5.69 Å². The lowest BCUT2D eigenvalue weighted by Crippen LogP contribution is -2.03. The lowest BCUT2D eigenvalue weighted by molar-refractivity contribution is 0.0985. The van der Waals surface area contributed by atoms with E-state index in [1.807, 2.05) is 0 Å². The molecule has 0 aromatic carbocycles. The van der Waals surface area contributed by atoms with Gasteiger partial charge in [0.25, 0.3) is 12.3 Å². The first-order chi connectivity index (χ1) is 7.60. The summed E-state index contributed by atoms with van der Waals surface area (Å²) in [6.07, 6.45) is -1.13. The van der Waals surface area contributed by atoms with Crippen LogP contribution in [-0.4, -0.2) is 17.0 Å². The van der Waals surface area contributed by atoms with Crippen molar-refractivity contribution in [2.45, 2.75) is 6.43 Å². The second-order valence-electron chi connectivity index (χ2n) is 2.55. The lowest BCUT2D eigenvalue weighted by Gasteiger charge is -2.03. The number of isocyanates is 1. The van der Waals surface area contributed by atoms with Gasteiger partial charge in [0.2, 0.25) is 11.8 Å². The molecule has 0 aliphatic rings. The summed E-state index contributed by atoms with van der Waals surface area (Å²) < 4.78 is 24.9. The minimum absolute atomic E-state index is 0.0890. The summed E-state index contributed by atoms with van der Waals surface area (Å²) in [4.78, 5) is 29.9. The molecular weight excluding hydrogens is 220 g/mol. The van der Waals surface area contributed by atoms with Crippen LogP contribution in [0.2, 0.25) is 0 Å². The summed E-state index contributed by atoms with van der Waals surface area (Å²) in [5, 5.41) is 0. The van der Waals surface area contributed by atoms with Crippen LogP contribution in [0.25, 0.3) is 4.85 Å². The van der Waals surface area contributed by atoms with Crippen LogP contribution in [0.5, 0.6) is 0 Å². The molecule has 0 aliphatic heterocycles. The monoisotopic (exact) mass is 223 g/mol. The van der Waals surface area contributed by atoms with E-state index < -0.39 is 23.6 Å². The zero-order valence-electron chi connectivity index (χ0n) is 7.65. The van der Waals surface area contributed by atoms with E-state index in [9.17, 15) is 18.4 Å². The normalized spacial score (nSPS) is 9.38. The maximum absolute atomic E-state index is 12.4. The van der Waals surface area contributed by atoms with Gasteiger partial charge < -0.3 is 0 Å². The van der Waals surface area contributed by atoms with Crippen LogP contribution in [0.3, 0.4) is 0 Å². The van der Waals surface area contributed by atoms with Crippen LogP contribution in [0.1, 0.15) is 22.5 Å². The number of halogens is 2. The smallest absolute Gasteiger partial charge is 0.266 e. The molecule has 1 aromatic rings. The van der Waals surface area contributed by atoms with Crippen molar-refractivity contribution in [1.82, 2.24) is 4.98 Å². The first-order valence-electron chi connectivity index (χ1n) is 3.88. The van der Waals surface area contributed by atoms with Crippen LogP contribution in [0.15, 0.2) is 17.3 Å². The van der Waals surface area contributed by atoms with E-state index in [4.69, 9.17) is 6.57 Å². The first-order valence-corrected chi connectivity index (χ1v) is 3.88. The number of hydrogen-bond acceptors (Lipinski definition) is 3. The molecule has 0 spiro atoms. The number of nitrogens with zero attached hydrogens (tertiary/aromatic N) is 3. The minimum Gasteiger partial charge on any atom is -0.266 e. The standard InChI is InChI=1S/C9H3F2N3O2/c1-12-5-2-6(9(16)14-4-15)7(8(10)11)13-3-5/h2-3,8H. The Bertz CT molecular complexity index is 516. The number of hydrogen-bond donors (Lipinski definition) is 0. The molecule has 7 heteroatoms. The molecule has 80 valence electrons. The Kier molecular flexibility index (Phi) is 3.53. The minimum atomic E-state index is -2.99. The fourth-order valence-corrected chi connectivity index (χ4v) is 0.972. The largest absolute Gasteiger partial charge is 0.288 e. The molecule has 1 heterocycles. The number of amides is 1. The molecule has 0 N–H and O–H groups in total. The average molecular weight is 223 g/mol. The number of rotatable bonds is 2. The third-order valence-electron chi connectivity index (χ3n) is 1.62. The summed E-state index contributed by atoms with van der Waals surface area (Å²) in [7, 11) is 0. The maximum Gasteiger partial charge on any atom is 0.288 e. The molecule has 0 saturated heterocycles. The number of pyridine rings is 1. The molecular formula is C9H3F2N3O2. The third-order valence-corrected chi connectivity index (χ3v) is 1.62. The Morgan fingerprint density at radius 3 is 2.81 bits per heavy atom. The highest BCUT2D eigenvalue weighted by molar-refractivity contribution is 5.99. The molecule has 0 fully saturated rings. The molecule has 0 radical (unpaired) electrons. The van der Waals surface area contributed by atoms with E-state index in [2.05, 4.69) is 14.8 Å². The van der Waals surface area contributed by atoms with Gasteiger partial charge in [-0.1, -0.05) is 0 Å². The molecule has 0 atom stereocenters. The number of carbonyl (C=O) groups excluding carboxylic acids is 2. The number of carbonyl (C=O) groups is 1. The van der Waals surface area contributed by atoms with Gasteiger partial charge in [-0.2, -0.15) is 0 Å². The van der Waals surface area contributed by atoms with Crippen LogP contribution in [-0.2, 0) is 4.79 Å². The highest BCUT2D eigenvalue weighted by Gasteiger charge is 2.20. The van der Waals surface area contributed by atoms with Crippen LogP contribution in [0, 0.1) is 6.57 Å². The molecule has 1 rings (SSSR count). The van der Waals surface area contributed by atoms with E-state index in [0.717, 1.165) is 18.3 Å². The topological polar surface area (TPSA) is 63.8 Å². The summed E-state index contributed by atoms with van der Waals surface area (Å²) in [5.41, 5.74) is -1.46. The van der Waals surface area contributed by atoms with Gasteiger partial charge in [0.05, 0.1) is 12.1 Å². The molecule has 1 aromatic heterocycles. The van der Waals surface area contributed by atoms with Gasteiger partial charge >= 0.3 is 0 Å². The molecule has 5 nitrogen and oxygen atoms in total. The predicted molar refractivity (Wildman–Crippen MR) is 47.9 cm³/mol. The quantitative estimate of drug-likeness (QED) is 0.437. The highest BCUT2D eigenvalue weighted by atomic mass is 19.3. The third kappa shape index (κ3) is 2.32. The van der Waals surface area contributed by atoms with Gasteiger partial charge in [0.15, 0.2) is 0 Å². The van der Waals surface area contributed by atoms with Crippen LogP contribution >= 0.6 is 0 Å². The van der Waals surface area contributed by atoms with Gasteiger partial charge in [-0.3, -0.25) is 9.78 Å². The van der Waals surface area contributed by atoms with Gasteiger partial charge in [-0.15, -0.1) is 4.99 Å². The van der Waals surface area contributed by atoms with E-state index in [1.165, 1.54) is 0 Å². The van der Waals surface area contributed by atoms with Crippen molar-refractivity contribution in [3.05, 3.63) is 34.9 Å². The summed E-state index contributed by atoms with van der Waals surface area (Å²) in [6.45, 7) is 6.64. The van der Waals surface area contributed by atoms with Gasteiger partial charge in [0.1, 0.15) is 5.69 Å². The Labute approximate surface area is 88.3 Å². The van der Waals surface area contributed by atoms with Crippen molar-refractivity contribution in [3.8, 4) is 0 Å². The molecule has 1 amide bonds. The Morgan fingerprint density at radius 2 is 2.31 bits per heavy atom. The summed E-state index contributed by atoms with van der Waals surface area (Å²) in [5.74, 6) is -1.19. The van der Waals surface area contributed by atoms with Crippen molar-refractivity contribution < 1.29 is 18.4 Å². The fraction of sp³-hybridized carbons (Fsp3) is 0.111. The van der Waals surface area contributed by atoms with Crippen molar-refractivity contribution in [3.63, 3.8) is 0 Å². The molecule has 0 aliphatic carbocycles. The van der Waals surface area contributed by atoms with E-state index >= 15 is 0 Å². The number of aromatic nitrogens is 1. The Hall–Kier alpha value is -2.45. The highest BCUT2D eigenvalue weighted by Crippen LogP contribution is 2.24. The lowest BCUT2D eigenvalue weighted by atomic mass is 10.1. The zero-order chi connectivity index (χ0) is 12.1. The zero-order valence-corrected chi connectivity index (χ0v) is 7.65. The van der Waals surface area contributed by atoms with Crippen molar-refractivity contribution >= 4 is 17.7 Å². The van der Waals surface area contributed by atoms with E-state index in [0.29, 0.717) is 0 Å². The van der Waals surface area contributed by atoms with Gasteiger partial charge in [-0.25, -0.2) is 18.4 Å². The summed E-state index contributed by atoms with van der Waals surface area (Å²) in [6, 6.07) is 0.907. The first kappa shape index (κ1) is 11.6. The number of aliphatic imine (C=N–C) groups is 1. The Balaban J connectivity index is 3.37. The SMILES string of the molecule is [C-]#[N+]c1cnc(C(F)F)c(C(=O)N=C=O)c1. The average Bonchev–Trinajstić information content (AvgIpc) is 2.28. The predicted octanol–water partition coefficient (Wildman–Crippen LogP) is 2.05. The second kappa shape index (κ2) is 4.87. The molecule has 0 unspecified atom stereocenters. The maximum atomic E-state index is 12.4. The molecule has 0 saturated carbocycles. The van der Waals surface area contributed by atoms with Gasteiger partial charge in [-0.05, 0) is 6.07 Å². The fourth-order valence-electron chi connectivity index (χ4n) is 0.972. The Morgan fingerprint density at radius 1 is 1.62 bits per heavy atom. The van der Waals surface area contributed by atoms with Crippen molar-refractivity contribution in [2.24, 2.45) is 4.99 Å². The van der Waals surface area contributed by atoms with Crippen molar-refractivity contribution in [2.75, 3.05) is 0 Å². The van der Waals surface area contributed by atoms with Crippen molar-refractivity contribution in [1.29, 1.82) is 0 Å². The van der Waals surface area contributed by atoms with E-state index in [1.54, 1.807) is 0 Å². The summed E-state index contributed by atoms with van der Waals surface area (Å²) >= 11 is 0. The number of alkyl halides is 2. The second-order valence-corrected chi connectivity index (χ2v) is 2.55. The molecule has 16 heavy (non-hydrogen) atoms. The molecule has 0 bridgehead atoms. The van der Waals surface area contributed by atoms with Crippen LogP contribution in [0.4, 0.5) is 14.5 Å².